The number of anilines is 1. The van der Waals surface area contributed by atoms with Crippen LogP contribution >= 0.6 is 0 Å². The number of rotatable bonds is 9. The van der Waals surface area contributed by atoms with Gasteiger partial charge in [0.1, 0.15) is 11.5 Å². The average molecular weight is 443 g/mol. The van der Waals surface area contributed by atoms with E-state index >= 15 is 0 Å². The van der Waals surface area contributed by atoms with E-state index in [-0.39, 0.29) is 18.0 Å². The molecular formula is C23H26N2O5S. The first-order valence-corrected chi connectivity index (χ1v) is 11.4. The highest BCUT2D eigenvalue weighted by atomic mass is 32.2. The van der Waals surface area contributed by atoms with E-state index in [2.05, 4.69) is 5.32 Å². The molecule has 0 atom stereocenters. The van der Waals surface area contributed by atoms with Crippen molar-refractivity contribution in [2.75, 3.05) is 18.5 Å². The van der Waals surface area contributed by atoms with Crippen molar-refractivity contribution < 1.29 is 22.4 Å². The van der Waals surface area contributed by atoms with E-state index in [0.29, 0.717) is 23.8 Å². The van der Waals surface area contributed by atoms with Crippen molar-refractivity contribution in [2.45, 2.75) is 32.2 Å². The molecular weight excluding hydrogens is 416 g/mol. The van der Waals surface area contributed by atoms with E-state index in [1.807, 2.05) is 32.9 Å². The molecule has 0 saturated carbocycles. The molecule has 3 aromatic rings. The van der Waals surface area contributed by atoms with Gasteiger partial charge in [-0.15, -0.1) is 0 Å². The Kier molecular flexibility index (Phi) is 7.14. The Hall–Kier alpha value is -3.10. The molecule has 0 fully saturated rings. The molecule has 1 N–H and O–H groups in total. The molecule has 0 saturated heterocycles. The first-order valence-electron chi connectivity index (χ1n) is 9.92. The van der Waals surface area contributed by atoms with Gasteiger partial charge in [0.05, 0.1) is 30.9 Å². The molecule has 31 heavy (non-hydrogen) atoms. The Morgan fingerprint density at radius 2 is 1.81 bits per heavy atom. The molecule has 3 rings (SSSR count). The summed E-state index contributed by atoms with van der Waals surface area (Å²) < 4.78 is 38.3. The Labute approximate surface area is 182 Å². The van der Waals surface area contributed by atoms with Gasteiger partial charge in [0.2, 0.25) is 15.9 Å². The minimum Gasteiger partial charge on any atom is -0.494 e. The van der Waals surface area contributed by atoms with Crippen molar-refractivity contribution >= 4 is 21.6 Å². The van der Waals surface area contributed by atoms with Crippen LogP contribution in [0.3, 0.4) is 0 Å². The number of amides is 1. The third-order valence-electron chi connectivity index (χ3n) is 4.80. The Morgan fingerprint density at radius 3 is 2.42 bits per heavy atom. The predicted molar refractivity (Wildman–Crippen MR) is 118 cm³/mol. The zero-order valence-corrected chi connectivity index (χ0v) is 18.6. The van der Waals surface area contributed by atoms with Crippen LogP contribution in [0.4, 0.5) is 5.69 Å². The van der Waals surface area contributed by atoms with Gasteiger partial charge in [-0.1, -0.05) is 6.07 Å². The van der Waals surface area contributed by atoms with Crippen molar-refractivity contribution in [1.29, 1.82) is 0 Å². The zero-order valence-electron chi connectivity index (χ0n) is 17.8. The van der Waals surface area contributed by atoms with E-state index < -0.39 is 15.9 Å². The number of nitrogens with one attached hydrogen (secondary N) is 1. The molecule has 1 heterocycles. The van der Waals surface area contributed by atoms with E-state index in [4.69, 9.17) is 9.15 Å². The lowest BCUT2D eigenvalue weighted by molar-refractivity contribution is -0.116. The van der Waals surface area contributed by atoms with Crippen LogP contribution in [0.1, 0.15) is 23.8 Å². The maximum Gasteiger partial charge on any atom is 0.243 e. The van der Waals surface area contributed by atoms with Crippen molar-refractivity contribution in [2.24, 2.45) is 0 Å². The summed E-state index contributed by atoms with van der Waals surface area (Å²) in [5.41, 5.74) is 2.76. The van der Waals surface area contributed by atoms with Crippen molar-refractivity contribution in [3.8, 4) is 5.75 Å². The molecule has 8 heteroatoms. The quantitative estimate of drug-likeness (QED) is 0.538. The third-order valence-corrected chi connectivity index (χ3v) is 6.60. The summed E-state index contributed by atoms with van der Waals surface area (Å²) in [6.07, 6.45) is 1.46. The highest BCUT2D eigenvalue weighted by Gasteiger charge is 2.28. The van der Waals surface area contributed by atoms with Gasteiger partial charge < -0.3 is 14.5 Å². The lowest BCUT2D eigenvalue weighted by Crippen LogP contribution is -2.37. The molecule has 1 aromatic heterocycles. The summed E-state index contributed by atoms with van der Waals surface area (Å²) in [5.74, 6) is 0.573. The predicted octanol–water partition coefficient (Wildman–Crippen LogP) is 4.12. The fourth-order valence-electron chi connectivity index (χ4n) is 3.01. The second-order valence-electron chi connectivity index (χ2n) is 7.10. The third kappa shape index (κ3) is 5.74. The van der Waals surface area contributed by atoms with Gasteiger partial charge in [-0.05, 0) is 80.4 Å². The van der Waals surface area contributed by atoms with Gasteiger partial charge in [0.15, 0.2) is 0 Å². The van der Waals surface area contributed by atoms with Crippen LogP contribution in [0, 0.1) is 13.8 Å². The van der Waals surface area contributed by atoms with Gasteiger partial charge in [-0.2, -0.15) is 4.31 Å². The highest BCUT2D eigenvalue weighted by Crippen LogP contribution is 2.22. The number of nitrogens with zero attached hydrogens (tertiary/aromatic N) is 1. The standard InChI is InChI=1S/C23H26N2O5S/c1-4-29-20-9-11-22(12-10-20)31(27,28)25(15-21-6-5-13-30-21)16-23(26)24-19-8-7-17(2)18(3)14-19/h5-14H,4,15-16H2,1-3H3,(H,24,26). The molecule has 7 nitrogen and oxygen atoms in total. The van der Waals surface area contributed by atoms with Gasteiger partial charge in [-0.25, -0.2) is 8.42 Å². The molecule has 0 spiro atoms. The first kappa shape index (κ1) is 22.6. The van der Waals surface area contributed by atoms with Crippen LogP contribution in [0.15, 0.2) is 70.2 Å². The van der Waals surface area contributed by atoms with Crippen LogP contribution in [0.5, 0.6) is 5.75 Å². The maximum atomic E-state index is 13.3. The zero-order chi connectivity index (χ0) is 22.4. The summed E-state index contributed by atoms with van der Waals surface area (Å²) in [7, 11) is -3.95. The number of furan rings is 1. The van der Waals surface area contributed by atoms with E-state index in [1.165, 1.54) is 18.4 Å². The molecule has 0 unspecified atom stereocenters. The van der Waals surface area contributed by atoms with Crippen LogP contribution in [0.25, 0.3) is 0 Å². The number of hydrogen-bond donors (Lipinski definition) is 1. The SMILES string of the molecule is CCOc1ccc(S(=O)(=O)N(CC(=O)Nc2ccc(C)c(C)c2)Cc2ccco2)cc1. The number of aryl methyl sites for hydroxylation is 2. The Bertz CT molecular complexity index is 1120. The second-order valence-corrected chi connectivity index (χ2v) is 9.04. The molecule has 2 aromatic carbocycles. The van der Waals surface area contributed by atoms with Gasteiger partial charge in [0, 0.05) is 5.69 Å². The minimum absolute atomic E-state index is 0.0666. The number of hydrogen-bond acceptors (Lipinski definition) is 5. The molecule has 0 bridgehead atoms. The fraction of sp³-hybridized carbons (Fsp3) is 0.261. The van der Waals surface area contributed by atoms with Crippen LogP contribution in [0.2, 0.25) is 0 Å². The smallest absolute Gasteiger partial charge is 0.243 e. The lowest BCUT2D eigenvalue weighted by atomic mass is 10.1. The number of carbonyl (C=O) groups is 1. The van der Waals surface area contributed by atoms with Crippen molar-refractivity contribution in [1.82, 2.24) is 4.31 Å². The molecule has 1 amide bonds. The number of benzene rings is 2. The molecule has 0 radical (unpaired) electrons. The fourth-order valence-corrected chi connectivity index (χ4v) is 4.37. The first-order chi connectivity index (χ1) is 14.8. The van der Waals surface area contributed by atoms with Gasteiger partial charge in [-0.3, -0.25) is 4.79 Å². The average Bonchev–Trinajstić information content (AvgIpc) is 3.24. The topological polar surface area (TPSA) is 88.9 Å². The minimum atomic E-state index is -3.95. The van der Waals surface area contributed by atoms with E-state index in [1.54, 1.807) is 30.3 Å². The highest BCUT2D eigenvalue weighted by molar-refractivity contribution is 7.89. The molecule has 0 aliphatic carbocycles. The summed E-state index contributed by atoms with van der Waals surface area (Å²) in [4.78, 5) is 12.8. The van der Waals surface area contributed by atoms with E-state index in [0.717, 1.165) is 15.4 Å². The summed E-state index contributed by atoms with van der Waals surface area (Å²) in [6.45, 7) is 5.84. The largest absolute Gasteiger partial charge is 0.494 e. The maximum absolute atomic E-state index is 13.3. The van der Waals surface area contributed by atoms with Gasteiger partial charge >= 0.3 is 0 Å². The van der Waals surface area contributed by atoms with Crippen LogP contribution in [-0.2, 0) is 21.4 Å². The summed E-state index contributed by atoms with van der Waals surface area (Å²) in [6, 6.07) is 15.0. The molecule has 0 aliphatic rings. The summed E-state index contributed by atoms with van der Waals surface area (Å²) in [5, 5.41) is 2.77. The monoisotopic (exact) mass is 442 g/mol. The van der Waals surface area contributed by atoms with Crippen LogP contribution < -0.4 is 10.1 Å². The van der Waals surface area contributed by atoms with Crippen molar-refractivity contribution in [3.05, 3.63) is 77.7 Å². The lowest BCUT2D eigenvalue weighted by Gasteiger charge is -2.21. The van der Waals surface area contributed by atoms with E-state index in [9.17, 15) is 13.2 Å². The van der Waals surface area contributed by atoms with Crippen LogP contribution in [-0.4, -0.2) is 31.8 Å². The Balaban J connectivity index is 1.82. The number of carbonyl (C=O) groups excluding carboxylic acids is 1. The second kappa shape index (κ2) is 9.80. The normalized spacial score (nSPS) is 11.5. The summed E-state index contributed by atoms with van der Waals surface area (Å²) >= 11 is 0. The number of ether oxygens (including phenoxy) is 1. The van der Waals surface area contributed by atoms with Crippen molar-refractivity contribution in [3.63, 3.8) is 0 Å². The Morgan fingerprint density at radius 1 is 1.06 bits per heavy atom. The number of sulfonamides is 1. The molecule has 164 valence electrons. The van der Waals surface area contributed by atoms with Gasteiger partial charge in [0.25, 0.3) is 0 Å². The molecule has 0 aliphatic heterocycles.